The lowest BCUT2D eigenvalue weighted by atomic mass is 10.2. The second-order valence-corrected chi connectivity index (χ2v) is 10.0. The molecule has 3 aromatic rings. The molecule has 34 heavy (non-hydrogen) atoms. The van der Waals surface area contributed by atoms with Gasteiger partial charge in [0.05, 0.1) is 23.8 Å². The van der Waals surface area contributed by atoms with E-state index in [-0.39, 0.29) is 17.5 Å². The van der Waals surface area contributed by atoms with Crippen LogP contribution in [0.4, 0.5) is 5.69 Å². The summed E-state index contributed by atoms with van der Waals surface area (Å²) < 4.78 is 38.6. The number of benzene rings is 3. The summed E-state index contributed by atoms with van der Waals surface area (Å²) in [6, 6.07) is 19.6. The summed E-state index contributed by atoms with van der Waals surface area (Å²) >= 11 is 5.97. The number of amides is 1. The maximum atomic E-state index is 13.4. The van der Waals surface area contributed by atoms with Crippen LogP contribution < -0.4 is 19.1 Å². The lowest BCUT2D eigenvalue weighted by Crippen LogP contribution is -2.40. The maximum absolute atomic E-state index is 13.4. The van der Waals surface area contributed by atoms with Crippen molar-refractivity contribution < 1.29 is 22.7 Å². The molecule has 0 heterocycles. The summed E-state index contributed by atoms with van der Waals surface area (Å²) in [5.41, 5.74) is 1.19. The van der Waals surface area contributed by atoms with Gasteiger partial charge in [0.15, 0.2) is 0 Å². The molecule has 0 spiro atoms. The monoisotopic (exact) mass is 502 g/mol. The van der Waals surface area contributed by atoms with Crippen molar-refractivity contribution in [1.29, 1.82) is 0 Å². The Kier molecular flexibility index (Phi) is 8.41. The fourth-order valence-corrected chi connectivity index (χ4v) is 4.69. The molecular formula is C25H27ClN2O5S. The highest BCUT2D eigenvalue weighted by molar-refractivity contribution is 7.92. The molecule has 0 radical (unpaired) electrons. The molecule has 0 aliphatic heterocycles. The molecule has 0 unspecified atom stereocenters. The summed E-state index contributed by atoms with van der Waals surface area (Å²) in [7, 11) is -2.53. The predicted octanol–water partition coefficient (Wildman–Crippen LogP) is 4.65. The third-order valence-electron chi connectivity index (χ3n) is 4.83. The Labute approximate surface area is 205 Å². The average Bonchev–Trinajstić information content (AvgIpc) is 2.82. The summed E-state index contributed by atoms with van der Waals surface area (Å²) in [5, 5.41) is 3.24. The van der Waals surface area contributed by atoms with Crippen molar-refractivity contribution in [2.75, 3.05) is 18.0 Å². The summed E-state index contributed by atoms with van der Waals surface area (Å²) in [6.07, 6.45) is 0.0667. The molecule has 0 atom stereocenters. The highest BCUT2D eigenvalue weighted by Gasteiger charge is 2.27. The van der Waals surface area contributed by atoms with E-state index in [4.69, 9.17) is 21.1 Å². The molecule has 3 rings (SSSR count). The van der Waals surface area contributed by atoms with Crippen LogP contribution in [0.1, 0.15) is 19.4 Å². The topological polar surface area (TPSA) is 84.9 Å². The molecule has 180 valence electrons. The van der Waals surface area contributed by atoms with Crippen LogP contribution >= 0.6 is 11.6 Å². The number of halogens is 1. The molecule has 9 heteroatoms. The number of anilines is 1. The van der Waals surface area contributed by atoms with E-state index in [0.29, 0.717) is 16.5 Å². The van der Waals surface area contributed by atoms with E-state index >= 15 is 0 Å². The fraction of sp³-hybridized carbons (Fsp3) is 0.240. The van der Waals surface area contributed by atoms with Crippen LogP contribution in [0.5, 0.6) is 11.5 Å². The number of carbonyl (C=O) groups excluding carboxylic acids is 1. The Morgan fingerprint density at radius 1 is 0.941 bits per heavy atom. The van der Waals surface area contributed by atoms with Crippen molar-refractivity contribution in [1.82, 2.24) is 5.32 Å². The van der Waals surface area contributed by atoms with Gasteiger partial charge in [0.1, 0.15) is 18.0 Å². The summed E-state index contributed by atoms with van der Waals surface area (Å²) in [6.45, 7) is 3.74. The summed E-state index contributed by atoms with van der Waals surface area (Å²) in [5.74, 6) is 0.818. The van der Waals surface area contributed by atoms with Gasteiger partial charge in [-0.1, -0.05) is 23.7 Å². The van der Waals surface area contributed by atoms with Crippen molar-refractivity contribution >= 4 is 33.2 Å². The van der Waals surface area contributed by atoms with E-state index in [1.807, 2.05) is 38.1 Å². The van der Waals surface area contributed by atoms with E-state index in [0.717, 1.165) is 15.6 Å². The number of ether oxygens (including phenoxy) is 2. The number of hydrogen-bond acceptors (Lipinski definition) is 5. The molecular weight excluding hydrogens is 476 g/mol. The van der Waals surface area contributed by atoms with Gasteiger partial charge in [0.25, 0.3) is 10.0 Å². The Morgan fingerprint density at radius 3 is 2.09 bits per heavy atom. The Hall–Kier alpha value is -3.23. The van der Waals surface area contributed by atoms with E-state index in [2.05, 4.69) is 5.32 Å². The van der Waals surface area contributed by atoms with Gasteiger partial charge in [-0.25, -0.2) is 8.42 Å². The third kappa shape index (κ3) is 6.65. The minimum atomic E-state index is -4.03. The fourth-order valence-electron chi connectivity index (χ4n) is 3.14. The van der Waals surface area contributed by atoms with Gasteiger partial charge in [-0.15, -0.1) is 0 Å². The average molecular weight is 503 g/mol. The van der Waals surface area contributed by atoms with Crippen LogP contribution in [0.3, 0.4) is 0 Å². The van der Waals surface area contributed by atoms with E-state index in [1.54, 1.807) is 36.4 Å². The van der Waals surface area contributed by atoms with Crippen molar-refractivity contribution in [3.8, 4) is 11.5 Å². The molecule has 3 aromatic carbocycles. The van der Waals surface area contributed by atoms with Crippen LogP contribution in [-0.2, 0) is 21.4 Å². The van der Waals surface area contributed by atoms with Crippen molar-refractivity contribution in [3.63, 3.8) is 0 Å². The highest BCUT2D eigenvalue weighted by atomic mass is 35.5. The molecule has 0 saturated carbocycles. The van der Waals surface area contributed by atoms with Crippen LogP contribution in [0.15, 0.2) is 77.7 Å². The first kappa shape index (κ1) is 25.4. The van der Waals surface area contributed by atoms with Crippen molar-refractivity contribution in [2.24, 2.45) is 0 Å². The minimum Gasteiger partial charge on any atom is -0.497 e. The van der Waals surface area contributed by atoms with Gasteiger partial charge in [-0.05, 0) is 80.1 Å². The molecule has 0 fully saturated rings. The molecule has 0 saturated heterocycles. The SMILES string of the molecule is COc1ccc(S(=O)(=O)N(CC(=O)NCc2ccc(OC(C)C)cc2)c2ccc(Cl)cc2)cc1. The zero-order valence-corrected chi connectivity index (χ0v) is 20.8. The summed E-state index contributed by atoms with van der Waals surface area (Å²) in [4.78, 5) is 12.8. The van der Waals surface area contributed by atoms with Crippen LogP contribution in [-0.4, -0.2) is 34.1 Å². The molecule has 1 amide bonds. The number of nitrogens with zero attached hydrogens (tertiary/aromatic N) is 1. The first-order valence-electron chi connectivity index (χ1n) is 10.6. The molecule has 0 bridgehead atoms. The maximum Gasteiger partial charge on any atom is 0.264 e. The normalized spacial score (nSPS) is 11.2. The Morgan fingerprint density at radius 2 is 1.53 bits per heavy atom. The minimum absolute atomic E-state index is 0.0387. The number of hydrogen-bond donors (Lipinski definition) is 1. The van der Waals surface area contributed by atoms with Gasteiger partial charge in [0, 0.05) is 11.6 Å². The predicted molar refractivity (Wildman–Crippen MR) is 133 cm³/mol. The van der Waals surface area contributed by atoms with Crippen LogP contribution in [0.2, 0.25) is 5.02 Å². The second kappa shape index (κ2) is 11.3. The van der Waals surface area contributed by atoms with Gasteiger partial charge < -0.3 is 14.8 Å². The van der Waals surface area contributed by atoms with Gasteiger partial charge in [-0.2, -0.15) is 0 Å². The standard InChI is InChI=1S/C25H27ClN2O5S/c1-18(2)33-23-10-4-19(5-11-23)16-27-25(29)17-28(21-8-6-20(26)7-9-21)34(30,31)24-14-12-22(32-3)13-15-24/h4-15,18H,16-17H2,1-3H3,(H,27,29). The molecule has 0 aliphatic rings. The zero-order valence-electron chi connectivity index (χ0n) is 19.2. The molecule has 1 N–H and O–H groups in total. The van der Waals surface area contributed by atoms with Gasteiger partial charge >= 0.3 is 0 Å². The molecule has 0 aliphatic carbocycles. The lowest BCUT2D eigenvalue weighted by Gasteiger charge is -2.24. The van der Waals surface area contributed by atoms with Gasteiger partial charge in [-0.3, -0.25) is 9.10 Å². The van der Waals surface area contributed by atoms with Crippen LogP contribution in [0, 0.1) is 0 Å². The van der Waals surface area contributed by atoms with E-state index < -0.39 is 22.5 Å². The number of sulfonamides is 1. The Balaban J connectivity index is 1.77. The highest BCUT2D eigenvalue weighted by Crippen LogP contribution is 2.26. The largest absolute Gasteiger partial charge is 0.497 e. The van der Waals surface area contributed by atoms with Crippen molar-refractivity contribution in [2.45, 2.75) is 31.4 Å². The van der Waals surface area contributed by atoms with E-state index in [9.17, 15) is 13.2 Å². The lowest BCUT2D eigenvalue weighted by molar-refractivity contribution is -0.119. The zero-order chi connectivity index (χ0) is 24.7. The van der Waals surface area contributed by atoms with Gasteiger partial charge in [0.2, 0.25) is 5.91 Å². The Bertz CT molecular complexity index is 1200. The quantitative estimate of drug-likeness (QED) is 0.436. The number of carbonyl (C=O) groups is 1. The molecule has 0 aromatic heterocycles. The number of methoxy groups -OCH3 is 1. The second-order valence-electron chi connectivity index (χ2n) is 7.75. The van der Waals surface area contributed by atoms with Crippen molar-refractivity contribution in [3.05, 3.63) is 83.4 Å². The number of rotatable bonds is 10. The molecule has 7 nitrogen and oxygen atoms in total. The van der Waals surface area contributed by atoms with E-state index in [1.165, 1.54) is 19.2 Å². The third-order valence-corrected chi connectivity index (χ3v) is 6.87. The smallest absolute Gasteiger partial charge is 0.264 e. The van der Waals surface area contributed by atoms with Crippen LogP contribution in [0.25, 0.3) is 0 Å². The first-order valence-corrected chi connectivity index (χ1v) is 12.5. The number of nitrogens with one attached hydrogen (secondary N) is 1. The first-order chi connectivity index (χ1) is 16.2.